The largest absolute Gasteiger partial charge is 0.497 e. The molecule has 2 N–H and O–H groups in total. The number of furan rings is 1. The van der Waals surface area contributed by atoms with E-state index in [1.54, 1.807) is 25.1 Å². The van der Waals surface area contributed by atoms with Gasteiger partial charge in [-0.25, -0.2) is 0 Å². The predicted octanol–water partition coefficient (Wildman–Crippen LogP) is 4.23. The van der Waals surface area contributed by atoms with Gasteiger partial charge in [0.05, 0.1) is 24.3 Å². The Balaban J connectivity index is 1.82. The lowest BCUT2D eigenvalue weighted by Crippen LogP contribution is -2.29. The second kappa shape index (κ2) is 7.55. The molecule has 28 heavy (non-hydrogen) atoms. The molecular weight excluding hydrogens is 375 g/mol. The molecule has 0 aliphatic carbocycles. The number of aliphatic hydroxyl groups excluding tert-OH is 1. The van der Waals surface area contributed by atoms with Crippen molar-refractivity contribution in [3.63, 3.8) is 0 Å². The lowest BCUT2D eigenvalue weighted by atomic mass is 10.0. The SMILES string of the molecule is COc1ccc2oc(C)c(C(=O)NCC(O)c3ccccc3C(F)(F)F)c2c1. The standard InChI is InChI=1S/C20H18F3NO4/c1-11-18(14-9-12(27-2)7-8-17(14)28-11)19(26)24-10-16(25)13-5-3-4-6-15(13)20(21,22)23/h3-9,16,25H,10H2,1-2H3,(H,24,26). The average molecular weight is 393 g/mol. The highest BCUT2D eigenvalue weighted by atomic mass is 19.4. The summed E-state index contributed by atoms with van der Waals surface area (Å²) < 4.78 is 50.0. The van der Waals surface area contributed by atoms with Crippen LogP contribution in [0.2, 0.25) is 0 Å². The molecule has 0 saturated carbocycles. The molecule has 1 heterocycles. The van der Waals surface area contributed by atoms with Crippen molar-refractivity contribution >= 4 is 16.9 Å². The molecule has 1 aromatic heterocycles. The van der Waals surface area contributed by atoms with Crippen LogP contribution in [-0.2, 0) is 6.18 Å². The van der Waals surface area contributed by atoms with Crippen LogP contribution in [0.5, 0.6) is 5.75 Å². The molecule has 0 bridgehead atoms. The first-order chi connectivity index (χ1) is 13.2. The first-order valence-corrected chi connectivity index (χ1v) is 8.42. The number of halogens is 3. The number of hydrogen-bond donors (Lipinski definition) is 2. The maximum atomic E-state index is 13.1. The number of methoxy groups -OCH3 is 1. The van der Waals surface area contributed by atoms with Crippen molar-refractivity contribution < 1.29 is 32.2 Å². The van der Waals surface area contributed by atoms with E-state index < -0.39 is 23.8 Å². The van der Waals surface area contributed by atoms with Crippen molar-refractivity contribution in [1.29, 1.82) is 0 Å². The Morgan fingerprint density at radius 3 is 2.64 bits per heavy atom. The first-order valence-electron chi connectivity index (χ1n) is 8.42. The third-order valence-corrected chi connectivity index (χ3v) is 4.38. The van der Waals surface area contributed by atoms with Gasteiger partial charge in [-0.05, 0) is 36.8 Å². The minimum atomic E-state index is -4.60. The molecule has 1 atom stereocenters. The van der Waals surface area contributed by atoms with E-state index in [4.69, 9.17) is 9.15 Å². The molecule has 148 valence electrons. The van der Waals surface area contributed by atoms with E-state index in [1.807, 2.05) is 0 Å². The number of hydrogen-bond acceptors (Lipinski definition) is 4. The number of carbonyl (C=O) groups is 1. The van der Waals surface area contributed by atoms with Gasteiger partial charge in [0.2, 0.25) is 0 Å². The lowest BCUT2D eigenvalue weighted by Gasteiger charge is -2.18. The van der Waals surface area contributed by atoms with Crippen molar-refractivity contribution in [1.82, 2.24) is 5.32 Å². The van der Waals surface area contributed by atoms with Crippen molar-refractivity contribution in [3.8, 4) is 5.75 Å². The van der Waals surface area contributed by atoms with Gasteiger partial charge in [0.25, 0.3) is 5.91 Å². The number of nitrogens with one attached hydrogen (secondary N) is 1. The van der Waals surface area contributed by atoms with E-state index in [2.05, 4.69) is 5.32 Å². The molecule has 3 rings (SSSR count). The summed E-state index contributed by atoms with van der Waals surface area (Å²) in [7, 11) is 1.49. The summed E-state index contributed by atoms with van der Waals surface area (Å²) in [6.07, 6.45) is -6.12. The molecule has 1 amide bonds. The molecular formula is C20H18F3NO4. The number of aryl methyl sites for hydroxylation is 1. The minimum Gasteiger partial charge on any atom is -0.497 e. The zero-order chi connectivity index (χ0) is 20.5. The van der Waals surface area contributed by atoms with Crippen LogP contribution < -0.4 is 10.1 Å². The van der Waals surface area contributed by atoms with E-state index >= 15 is 0 Å². The minimum absolute atomic E-state index is 0.241. The topological polar surface area (TPSA) is 71.7 Å². The van der Waals surface area contributed by atoms with Crippen LogP contribution in [0, 0.1) is 6.92 Å². The van der Waals surface area contributed by atoms with Crippen LogP contribution in [0.15, 0.2) is 46.9 Å². The van der Waals surface area contributed by atoms with Crippen LogP contribution in [0.1, 0.15) is 33.3 Å². The Morgan fingerprint density at radius 2 is 1.96 bits per heavy atom. The van der Waals surface area contributed by atoms with Crippen molar-refractivity contribution in [2.45, 2.75) is 19.2 Å². The summed E-state index contributed by atoms with van der Waals surface area (Å²) in [5.41, 5.74) is -0.520. The number of rotatable bonds is 5. The zero-order valence-corrected chi connectivity index (χ0v) is 15.1. The maximum Gasteiger partial charge on any atom is 0.416 e. The summed E-state index contributed by atoms with van der Waals surface area (Å²) in [5, 5.41) is 13.2. The van der Waals surface area contributed by atoms with Crippen molar-refractivity contribution in [2.75, 3.05) is 13.7 Å². The fraction of sp³-hybridized carbons (Fsp3) is 0.250. The monoisotopic (exact) mass is 393 g/mol. The number of fused-ring (bicyclic) bond motifs is 1. The zero-order valence-electron chi connectivity index (χ0n) is 15.1. The number of carbonyl (C=O) groups excluding carboxylic acids is 1. The van der Waals surface area contributed by atoms with Crippen molar-refractivity contribution in [2.24, 2.45) is 0 Å². The fourth-order valence-corrected chi connectivity index (χ4v) is 3.04. The van der Waals surface area contributed by atoms with Gasteiger partial charge >= 0.3 is 6.18 Å². The van der Waals surface area contributed by atoms with Crippen LogP contribution in [0.25, 0.3) is 11.0 Å². The lowest BCUT2D eigenvalue weighted by molar-refractivity contribution is -0.139. The Hall–Kier alpha value is -3.00. The van der Waals surface area contributed by atoms with Gasteiger partial charge in [-0.2, -0.15) is 13.2 Å². The van der Waals surface area contributed by atoms with E-state index in [0.717, 1.165) is 6.07 Å². The van der Waals surface area contributed by atoms with Crippen LogP contribution in [-0.4, -0.2) is 24.7 Å². The molecule has 8 heteroatoms. The highest BCUT2D eigenvalue weighted by molar-refractivity contribution is 6.07. The van der Waals surface area contributed by atoms with Gasteiger partial charge < -0.3 is 19.6 Å². The van der Waals surface area contributed by atoms with E-state index in [9.17, 15) is 23.1 Å². The first kappa shape index (κ1) is 19.8. The summed E-state index contributed by atoms with van der Waals surface area (Å²) >= 11 is 0. The van der Waals surface area contributed by atoms with Gasteiger partial charge in [-0.3, -0.25) is 4.79 Å². The molecule has 0 aliphatic heterocycles. The van der Waals surface area contributed by atoms with E-state index in [1.165, 1.54) is 25.3 Å². The molecule has 5 nitrogen and oxygen atoms in total. The van der Waals surface area contributed by atoms with Crippen LogP contribution in [0.4, 0.5) is 13.2 Å². The molecule has 0 radical (unpaired) electrons. The highest BCUT2D eigenvalue weighted by Gasteiger charge is 2.34. The van der Waals surface area contributed by atoms with E-state index in [-0.39, 0.29) is 17.7 Å². The van der Waals surface area contributed by atoms with Gasteiger partial charge in [-0.1, -0.05) is 18.2 Å². The summed E-state index contributed by atoms with van der Waals surface area (Å²) in [6.45, 7) is 1.22. The average Bonchev–Trinajstić information content (AvgIpc) is 2.99. The Bertz CT molecular complexity index is 1010. The number of benzene rings is 2. The Kier molecular flexibility index (Phi) is 5.33. The maximum absolute atomic E-state index is 13.1. The Labute approximate surface area is 158 Å². The van der Waals surface area contributed by atoms with Crippen LogP contribution in [0.3, 0.4) is 0 Å². The molecule has 0 fully saturated rings. The van der Waals surface area contributed by atoms with Gasteiger partial charge in [0.15, 0.2) is 0 Å². The smallest absolute Gasteiger partial charge is 0.416 e. The quantitative estimate of drug-likeness (QED) is 0.681. The predicted molar refractivity (Wildman–Crippen MR) is 96.2 cm³/mol. The third kappa shape index (κ3) is 3.82. The normalized spacial score (nSPS) is 12.8. The second-order valence-corrected chi connectivity index (χ2v) is 6.21. The second-order valence-electron chi connectivity index (χ2n) is 6.21. The number of alkyl halides is 3. The molecule has 3 aromatic rings. The highest BCUT2D eigenvalue weighted by Crippen LogP contribution is 2.34. The third-order valence-electron chi connectivity index (χ3n) is 4.38. The number of ether oxygens (including phenoxy) is 1. The number of amides is 1. The van der Waals surface area contributed by atoms with Gasteiger partial charge in [0, 0.05) is 11.9 Å². The Morgan fingerprint density at radius 1 is 1.25 bits per heavy atom. The van der Waals surface area contributed by atoms with Gasteiger partial charge in [-0.15, -0.1) is 0 Å². The summed E-state index contributed by atoms with van der Waals surface area (Å²) in [5.74, 6) is 0.320. The summed E-state index contributed by atoms with van der Waals surface area (Å²) in [4.78, 5) is 12.6. The summed E-state index contributed by atoms with van der Waals surface area (Å²) in [6, 6.07) is 9.69. The molecule has 0 aliphatic rings. The molecule has 0 saturated heterocycles. The molecule has 0 spiro atoms. The fourth-order valence-electron chi connectivity index (χ4n) is 3.04. The van der Waals surface area contributed by atoms with Crippen LogP contribution >= 0.6 is 0 Å². The van der Waals surface area contributed by atoms with E-state index in [0.29, 0.717) is 22.5 Å². The van der Waals surface area contributed by atoms with Crippen molar-refractivity contribution in [3.05, 3.63) is 64.9 Å². The molecule has 1 unspecified atom stereocenters. The van der Waals surface area contributed by atoms with Gasteiger partial charge in [0.1, 0.15) is 17.1 Å². The number of aliphatic hydroxyl groups is 1. The molecule has 2 aromatic carbocycles.